The van der Waals surface area contributed by atoms with Crippen LogP contribution < -0.4 is 0 Å². The molecule has 0 N–H and O–H groups in total. The molecule has 0 spiro atoms. The van der Waals surface area contributed by atoms with Crippen LogP contribution in [0.25, 0.3) is 5.57 Å². The van der Waals surface area contributed by atoms with Crippen LogP contribution in [0.4, 0.5) is 0 Å². The van der Waals surface area contributed by atoms with Gasteiger partial charge in [0.1, 0.15) is 0 Å². The van der Waals surface area contributed by atoms with Gasteiger partial charge in [0.05, 0.1) is 0 Å². The zero-order chi connectivity index (χ0) is 15.4. The third-order valence-electron chi connectivity index (χ3n) is 4.01. The van der Waals surface area contributed by atoms with Crippen molar-refractivity contribution >= 4 is 21.5 Å². The number of benzene rings is 2. The molecule has 110 valence electrons. The van der Waals surface area contributed by atoms with Crippen molar-refractivity contribution in [3.63, 3.8) is 0 Å². The van der Waals surface area contributed by atoms with E-state index < -0.39 is 0 Å². The van der Waals surface area contributed by atoms with Crippen LogP contribution in [-0.4, -0.2) is 0 Å². The molecule has 0 saturated carbocycles. The monoisotopic (exact) mass is 350 g/mol. The molecule has 0 aliphatic heterocycles. The maximum absolute atomic E-state index is 3.53. The molecule has 0 amide bonds. The summed E-state index contributed by atoms with van der Waals surface area (Å²) in [5.74, 6) is 0. The van der Waals surface area contributed by atoms with Gasteiger partial charge in [0.25, 0.3) is 0 Å². The predicted octanol–water partition coefficient (Wildman–Crippen LogP) is 6.55. The van der Waals surface area contributed by atoms with E-state index in [-0.39, 0.29) is 0 Å². The second-order valence-electron chi connectivity index (χ2n) is 5.40. The summed E-state index contributed by atoms with van der Waals surface area (Å²) in [6.07, 6.45) is 8.72. The number of hydrogen-bond donors (Lipinski definition) is 0. The molecule has 0 nitrogen and oxygen atoms in total. The summed E-state index contributed by atoms with van der Waals surface area (Å²) in [6, 6.07) is 19.3. The standard InChI is InChI=1S/C21H19Br/c1-2-20(16-8-6-7-9-16)21(17-10-4-3-5-11-17)18-12-14-19(22)15-13-18/h3-8,10-15H,2,9H2,1H3/b21-20-. The van der Waals surface area contributed by atoms with Gasteiger partial charge in [-0.15, -0.1) is 0 Å². The van der Waals surface area contributed by atoms with E-state index in [1.54, 1.807) is 0 Å². The molecular weight excluding hydrogens is 332 g/mol. The van der Waals surface area contributed by atoms with E-state index in [2.05, 4.69) is 95.7 Å². The van der Waals surface area contributed by atoms with Gasteiger partial charge >= 0.3 is 0 Å². The SMILES string of the molecule is CC/C(C1=CC=CC1)=C(\c1ccccc1)c1ccc(Br)cc1. The lowest BCUT2D eigenvalue weighted by Crippen LogP contribution is -1.97. The fourth-order valence-electron chi connectivity index (χ4n) is 2.97. The maximum atomic E-state index is 3.53. The molecular formula is C21H19Br. The molecule has 1 aliphatic carbocycles. The first-order valence-corrected chi connectivity index (χ1v) is 8.49. The lowest BCUT2D eigenvalue weighted by molar-refractivity contribution is 1.08. The van der Waals surface area contributed by atoms with Crippen molar-refractivity contribution in [1.29, 1.82) is 0 Å². The first kappa shape index (κ1) is 15.1. The third-order valence-corrected chi connectivity index (χ3v) is 4.54. The Morgan fingerprint density at radius 2 is 1.64 bits per heavy atom. The Bertz CT molecular complexity index is 731. The van der Waals surface area contributed by atoms with Gasteiger partial charge in [0, 0.05) is 4.47 Å². The zero-order valence-electron chi connectivity index (χ0n) is 12.7. The molecule has 1 heteroatoms. The Hall–Kier alpha value is -1.86. The van der Waals surface area contributed by atoms with Gasteiger partial charge in [0.2, 0.25) is 0 Å². The Kier molecular flexibility index (Phi) is 4.74. The first-order valence-electron chi connectivity index (χ1n) is 7.70. The van der Waals surface area contributed by atoms with Crippen LogP contribution in [0.2, 0.25) is 0 Å². The Labute approximate surface area is 141 Å². The topological polar surface area (TPSA) is 0 Å². The van der Waals surface area contributed by atoms with Crippen molar-refractivity contribution < 1.29 is 0 Å². The zero-order valence-corrected chi connectivity index (χ0v) is 14.3. The van der Waals surface area contributed by atoms with Crippen molar-refractivity contribution in [2.75, 3.05) is 0 Å². The Morgan fingerprint density at radius 3 is 2.23 bits per heavy atom. The van der Waals surface area contributed by atoms with E-state index in [1.165, 1.54) is 27.8 Å². The Morgan fingerprint density at radius 1 is 0.955 bits per heavy atom. The fourth-order valence-corrected chi connectivity index (χ4v) is 3.24. The van der Waals surface area contributed by atoms with Gasteiger partial charge < -0.3 is 0 Å². The van der Waals surface area contributed by atoms with Crippen LogP contribution in [0.1, 0.15) is 30.9 Å². The van der Waals surface area contributed by atoms with Crippen molar-refractivity contribution in [1.82, 2.24) is 0 Å². The van der Waals surface area contributed by atoms with Crippen molar-refractivity contribution in [2.24, 2.45) is 0 Å². The van der Waals surface area contributed by atoms with E-state index in [0.717, 1.165) is 17.3 Å². The van der Waals surface area contributed by atoms with Crippen molar-refractivity contribution in [2.45, 2.75) is 19.8 Å². The van der Waals surface area contributed by atoms with Crippen LogP contribution in [-0.2, 0) is 0 Å². The van der Waals surface area contributed by atoms with Gasteiger partial charge in [-0.1, -0.05) is 83.5 Å². The van der Waals surface area contributed by atoms with E-state index in [1.807, 2.05) is 0 Å². The molecule has 22 heavy (non-hydrogen) atoms. The quantitative estimate of drug-likeness (QED) is 0.586. The summed E-state index contributed by atoms with van der Waals surface area (Å²) in [6.45, 7) is 2.25. The molecule has 0 saturated heterocycles. The molecule has 0 fully saturated rings. The summed E-state index contributed by atoms with van der Waals surface area (Å²) in [5.41, 5.74) is 6.79. The summed E-state index contributed by atoms with van der Waals surface area (Å²) < 4.78 is 1.11. The van der Waals surface area contributed by atoms with E-state index in [9.17, 15) is 0 Å². The summed E-state index contributed by atoms with van der Waals surface area (Å²) in [4.78, 5) is 0. The van der Waals surface area contributed by atoms with Crippen LogP contribution in [0.15, 0.2) is 88.4 Å². The van der Waals surface area contributed by atoms with Crippen LogP contribution >= 0.6 is 15.9 Å². The highest BCUT2D eigenvalue weighted by Gasteiger charge is 2.14. The molecule has 3 rings (SSSR count). The van der Waals surface area contributed by atoms with Gasteiger partial charge in [0.15, 0.2) is 0 Å². The molecule has 2 aromatic rings. The maximum Gasteiger partial charge on any atom is 0.0175 e. The molecule has 0 aromatic heterocycles. The predicted molar refractivity (Wildman–Crippen MR) is 98.7 cm³/mol. The molecule has 0 radical (unpaired) electrons. The van der Waals surface area contributed by atoms with Gasteiger partial charge in [-0.05, 0) is 52.8 Å². The van der Waals surface area contributed by atoms with E-state index >= 15 is 0 Å². The number of allylic oxidation sites excluding steroid dienone is 5. The highest BCUT2D eigenvalue weighted by atomic mass is 79.9. The highest BCUT2D eigenvalue weighted by Crippen LogP contribution is 2.35. The van der Waals surface area contributed by atoms with E-state index in [4.69, 9.17) is 0 Å². The van der Waals surface area contributed by atoms with Crippen LogP contribution in [0.5, 0.6) is 0 Å². The van der Waals surface area contributed by atoms with Crippen molar-refractivity contribution in [3.8, 4) is 0 Å². The number of halogens is 1. The molecule has 2 aromatic carbocycles. The summed E-state index contributed by atoms with van der Waals surface area (Å²) in [7, 11) is 0. The second-order valence-corrected chi connectivity index (χ2v) is 6.32. The van der Waals surface area contributed by atoms with Crippen LogP contribution in [0.3, 0.4) is 0 Å². The normalized spacial score (nSPS) is 14.7. The highest BCUT2D eigenvalue weighted by molar-refractivity contribution is 9.10. The largest absolute Gasteiger partial charge is 0.0801 e. The molecule has 0 unspecified atom stereocenters. The number of hydrogen-bond acceptors (Lipinski definition) is 0. The lowest BCUT2D eigenvalue weighted by Gasteiger charge is -2.17. The third kappa shape index (κ3) is 3.15. The van der Waals surface area contributed by atoms with Gasteiger partial charge in [-0.3, -0.25) is 0 Å². The minimum absolute atomic E-state index is 1.04. The Balaban J connectivity index is 2.20. The molecule has 0 heterocycles. The molecule has 0 atom stereocenters. The smallest absolute Gasteiger partial charge is 0.0175 e. The molecule has 1 aliphatic rings. The fraction of sp³-hybridized carbons (Fsp3) is 0.143. The summed E-state index contributed by atoms with van der Waals surface area (Å²) >= 11 is 3.53. The first-order chi connectivity index (χ1) is 10.8. The molecule has 0 bridgehead atoms. The lowest BCUT2D eigenvalue weighted by atomic mass is 9.88. The van der Waals surface area contributed by atoms with E-state index in [0.29, 0.717) is 0 Å². The van der Waals surface area contributed by atoms with Crippen LogP contribution in [0, 0.1) is 0 Å². The van der Waals surface area contributed by atoms with Gasteiger partial charge in [-0.25, -0.2) is 0 Å². The van der Waals surface area contributed by atoms with Crippen molar-refractivity contribution in [3.05, 3.63) is 99.6 Å². The second kappa shape index (κ2) is 6.93. The summed E-state index contributed by atoms with van der Waals surface area (Å²) in [5, 5.41) is 0. The minimum atomic E-state index is 1.04. The minimum Gasteiger partial charge on any atom is -0.0801 e. The average Bonchev–Trinajstić information content (AvgIpc) is 3.08. The van der Waals surface area contributed by atoms with Gasteiger partial charge in [-0.2, -0.15) is 0 Å². The number of rotatable bonds is 4. The average molecular weight is 351 g/mol.